The lowest BCUT2D eigenvalue weighted by molar-refractivity contribution is -0.119. The Hall–Kier alpha value is -2.30. The van der Waals surface area contributed by atoms with Gasteiger partial charge in [0.05, 0.1) is 17.1 Å². The van der Waals surface area contributed by atoms with Crippen molar-refractivity contribution in [1.82, 2.24) is 9.78 Å². The van der Waals surface area contributed by atoms with E-state index in [9.17, 15) is 4.79 Å². The van der Waals surface area contributed by atoms with E-state index in [4.69, 9.17) is 5.73 Å². The predicted octanol–water partition coefficient (Wildman–Crippen LogP) is 2.05. The molecule has 5 heteroatoms. The number of carbonyl (C=O) groups is 1. The molecule has 0 spiro atoms. The van der Waals surface area contributed by atoms with Crippen LogP contribution >= 0.6 is 0 Å². The third-order valence-corrected chi connectivity index (χ3v) is 3.52. The molecule has 2 aromatic rings. The number of aromatic nitrogens is 2. The van der Waals surface area contributed by atoms with Crippen LogP contribution < -0.4 is 10.6 Å². The van der Waals surface area contributed by atoms with Crippen molar-refractivity contribution < 1.29 is 4.79 Å². The highest BCUT2D eigenvalue weighted by atomic mass is 16.2. The van der Waals surface area contributed by atoms with Gasteiger partial charge in [-0.05, 0) is 32.9 Å². The largest absolute Gasteiger partial charge is 0.396 e. The molecule has 1 heterocycles. The van der Waals surface area contributed by atoms with Gasteiger partial charge in [0.2, 0.25) is 5.91 Å². The van der Waals surface area contributed by atoms with E-state index in [1.165, 1.54) is 5.56 Å². The number of anilines is 2. The number of nitrogen functional groups attached to an aromatic ring is 1. The monoisotopic (exact) mass is 272 g/mol. The molecule has 0 atom stereocenters. The van der Waals surface area contributed by atoms with Gasteiger partial charge in [0.25, 0.3) is 0 Å². The fourth-order valence-corrected chi connectivity index (χ4v) is 2.01. The van der Waals surface area contributed by atoms with E-state index in [1.807, 2.05) is 45.0 Å². The molecule has 2 N–H and O–H groups in total. The average Bonchev–Trinajstić information content (AvgIpc) is 2.66. The summed E-state index contributed by atoms with van der Waals surface area (Å²) in [5.41, 5.74) is 10.1. The van der Waals surface area contributed by atoms with Gasteiger partial charge in [-0.15, -0.1) is 0 Å². The van der Waals surface area contributed by atoms with E-state index in [2.05, 4.69) is 5.10 Å². The number of amides is 1. The number of hydrogen-bond donors (Lipinski definition) is 1. The lowest BCUT2D eigenvalue weighted by Crippen LogP contribution is -2.30. The lowest BCUT2D eigenvalue weighted by Gasteiger charge is -2.18. The van der Waals surface area contributed by atoms with Crippen molar-refractivity contribution >= 4 is 17.3 Å². The average molecular weight is 272 g/mol. The number of aryl methyl sites for hydroxylation is 2. The number of likely N-dealkylation sites (N-methyl/N-ethyl adjacent to an activating group) is 1. The Morgan fingerprint density at radius 3 is 2.35 bits per heavy atom. The molecular weight excluding hydrogens is 252 g/mol. The van der Waals surface area contributed by atoms with Gasteiger partial charge in [-0.3, -0.25) is 9.48 Å². The Balaban J connectivity index is 2.15. The smallest absolute Gasteiger partial charge is 0.248 e. The summed E-state index contributed by atoms with van der Waals surface area (Å²) in [7, 11) is 1.77. The van der Waals surface area contributed by atoms with Crippen LogP contribution in [0.2, 0.25) is 0 Å². The molecule has 0 radical (unpaired) electrons. The highest BCUT2D eigenvalue weighted by Gasteiger charge is 2.15. The molecule has 1 aromatic carbocycles. The van der Waals surface area contributed by atoms with Gasteiger partial charge < -0.3 is 10.6 Å². The van der Waals surface area contributed by atoms with Gasteiger partial charge in [0.15, 0.2) is 0 Å². The first-order chi connectivity index (χ1) is 9.40. The van der Waals surface area contributed by atoms with Gasteiger partial charge in [-0.1, -0.05) is 17.7 Å². The van der Waals surface area contributed by atoms with Crippen LogP contribution in [0.15, 0.2) is 24.3 Å². The highest BCUT2D eigenvalue weighted by Crippen LogP contribution is 2.17. The third-order valence-electron chi connectivity index (χ3n) is 3.52. The zero-order valence-corrected chi connectivity index (χ0v) is 12.3. The SMILES string of the molecule is Cc1ccc(N(C)C(=O)Cn2nc(C)c(N)c2C)cc1. The lowest BCUT2D eigenvalue weighted by atomic mass is 10.2. The summed E-state index contributed by atoms with van der Waals surface area (Å²) in [4.78, 5) is 13.9. The summed E-state index contributed by atoms with van der Waals surface area (Å²) in [6.45, 7) is 5.92. The molecule has 0 unspecified atom stereocenters. The summed E-state index contributed by atoms with van der Waals surface area (Å²) in [6.07, 6.45) is 0. The Bertz CT molecular complexity index is 628. The minimum absolute atomic E-state index is 0.0283. The van der Waals surface area contributed by atoms with E-state index >= 15 is 0 Å². The van der Waals surface area contributed by atoms with E-state index < -0.39 is 0 Å². The molecule has 0 saturated carbocycles. The van der Waals surface area contributed by atoms with Gasteiger partial charge >= 0.3 is 0 Å². The minimum atomic E-state index is -0.0283. The van der Waals surface area contributed by atoms with E-state index in [-0.39, 0.29) is 12.5 Å². The maximum atomic E-state index is 12.3. The predicted molar refractivity (Wildman–Crippen MR) is 80.7 cm³/mol. The maximum absolute atomic E-state index is 12.3. The number of hydrogen-bond acceptors (Lipinski definition) is 3. The molecule has 1 aromatic heterocycles. The van der Waals surface area contributed by atoms with E-state index in [0.29, 0.717) is 5.69 Å². The van der Waals surface area contributed by atoms with Crippen LogP contribution in [0.25, 0.3) is 0 Å². The van der Waals surface area contributed by atoms with Gasteiger partial charge in [-0.2, -0.15) is 5.10 Å². The number of benzene rings is 1. The first kappa shape index (κ1) is 14.1. The molecule has 20 heavy (non-hydrogen) atoms. The summed E-state index contributed by atoms with van der Waals surface area (Å²) in [5, 5.41) is 4.28. The fourth-order valence-electron chi connectivity index (χ4n) is 2.01. The van der Waals surface area contributed by atoms with E-state index in [0.717, 1.165) is 17.1 Å². The molecule has 1 amide bonds. The quantitative estimate of drug-likeness (QED) is 0.930. The third kappa shape index (κ3) is 2.66. The van der Waals surface area contributed by atoms with Crippen molar-refractivity contribution in [2.24, 2.45) is 0 Å². The van der Waals surface area contributed by atoms with Crippen molar-refractivity contribution in [3.63, 3.8) is 0 Å². The zero-order chi connectivity index (χ0) is 14.9. The van der Waals surface area contributed by atoms with Crippen molar-refractivity contribution in [2.45, 2.75) is 27.3 Å². The van der Waals surface area contributed by atoms with Crippen molar-refractivity contribution in [2.75, 3.05) is 17.7 Å². The summed E-state index contributed by atoms with van der Waals surface area (Å²) >= 11 is 0. The van der Waals surface area contributed by atoms with Crippen LogP contribution in [-0.2, 0) is 11.3 Å². The van der Waals surface area contributed by atoms with Crippen molar-refractivity contribution in [3.05, 3.63) is 41.2 Å². The van der Waals surface area contributed by atoms with Crippen LogP contribution in [0.5, 0.6) is 0 Å². The normalized spacial score (nSPS) is 10.6. The van der Waals surface area contributed by atoms with Gasteiger partial charge in [0.1, 0.15) is 6.54 Å². The molecule has 0 fully saturated rings. The molecule has 0 aliphatic rings. The topological polar surface area (TPSA) is 64.2 Å². The van der Waals surface area contributed by atoms with Gasteiger partial charge in [0, 0.05) is 12.7 Å². The van der Waals surface area contributed by atoms with Crippen LogP contribution in [-0.4, -0.2) is 22.7 Å². The molecule has 0 saturated heterocycles. The molecular formula is C15H20N4O. The molecule has 106 valence electrons. The second-order valence-electron chi connectivity index (χ2n) is 5.03. The standard InChI is InChI=1S/C15H20N4O/c1-10-5-7-13(8-6-10)18(4)14(20)9-19-12(3)15(16)11(2)17-19/h5-8H,9,16H2,1-4H3. The molecule has 2 rings (SSSR count). The Labute approximate surface area is 119 Å². The van der Waals surface area contributed by atoms with Crippen molar-refractivity contribution in [1.29, 1.82) is 0 Å². The van der Waals surface area contributed by atoms with E-state index in [1.54, 1.807) is 16.6 Å². The number of carbonyl (C=O) groups excluding carboxylic acids is 1. The Kier molecular flexibility index (Phi) is 3.79. The van der Waals surface area contributed by atoms with Crippen molar-refractivity contribution in [3.8, 4) is 0 Å². The summed E-state index contributed by atoms with van der Waals surface area (Å²) < 4.78 is 1.65. The minimum Gasteiger partial charge on any atom is -0.396 e. The number of nitrogens with two attached hydrogens (primary N) is 1. The second kappa shape index (κ2) is 5.36. The second-order valence-corrected chi connectivity index (χ2v) is 5.03. The van der Waals surface area contributed by atoms with Crippen LogP contribution in [0.1, 0.15) is 17.0 Å². The molecule has 0 bridgehead atoms. The summed E-state index contributed by atoms with van der Waals surface area (Å²) in [6, 6.07) is 7.84. The maximum Gasteiger partial charge on any atom is 0.248 e. The highest BCUT2D eigenvalue weighted by molar-refractivity contribution is 5.92. The first-order valence-electron chi connectivity index (χ1n) is 6.53. The zero-order valence-electron chi connectivity index (χ0n) is 12.3. The molecule has 0 aliphatic heterocycles. The molecule has 0 aliphatic carbocycles. The van der Waals surface area contributed by atoms with Gasteiger partial charge in [-0.25, -0.2) is 0 Å². The van der Waals surface area contributed by atoms with Crippen LogP contribution in [0.4, 0.5) is 11.4 Å². The fraction of sp³-hybridized carbons (Fsp3) is 0.333. The summed E-state index contributed by atoms with van der Waals surface area (Å²) in [5.74, 6) is -0.0283. The Morgan fingerprint density at radius 1 is 1.25 bits per heavy atom. The number of nitrogens with zero attached hydrogens (tertiary/aromatic N) is 3. The Morgan fingerprint density at radius 2 is 1.85 bits per heavy atom. The molecule has 5 nitrogen and oxygen atoms in total. The van der Waals surface area contributed by atoms with Crippen LogP contribution in [0.3, 0.4) is 0 Å². The van der Waals surface area contributed by atoms with Crippen LogP contribution in [0, 0.1) is 20.8 Å². The number of rotatable bonds is 3. The first-order valence-corrected chi connectivity index (χ1v) is 6.53.